The highest BCUT2D eigenvalue weighted by Gasteiger charge is 2.51. The van der Waals surface area contributed by atoms with E-state index in [0.29, 0.717) is 18.4 Å². The van der Waals surface area contributed by atoms with E-state index < -0.39 is 29.0 Å². The van der Waals surface area contributed by atoms with Gasteiger partial charge in [-0.3, -0.25) is 9.59 Å². The Bertz CT molecular complexity index is 731. The highest BCUT2D eigenvalue weighted by atomic mass is 19.1. The zero-order valence-electron chi connectivity index (χ0n) is 19.1. The third kappa shape index (κ3) is 7.26. The molecule has 1 atom stereocenters. The Balaban J connectivity index is 1.75. The van der Waals surface area contributed by atoms with Crippen molar-refractivity contribution < 1.29 is 28.6 Å². The Kier molecular flexibility index (Phi) is 10.6. The van der Waals surface area contributed by atoms with Crippen LogP contribution in [0.4, 0.5) is 8.78 Å². The number of aliphatic carboxylic acids is 2. The largest absolute Gasteiger partial charge is 0.480 e. The van der Waals surface area contributed by atoms with Gasteiger partial charge in [-0.2, -0.15) is 0 Å². The molecule has 0 aromatic heterocycles. The number of carboxylic acids is 2. The van der Waals surface area contributed by atoms with E-state index >= 15 is 0 Å². The fraction of sp³-hybridized carbons (Fsp3) is 0.680. The maximum Gasteiger partial charge on any atom is 0.321 e. The van der Waals surface area contributed by atoms with Gasteiger partial charge in [0.1, 0.15) is 11.6 Å². The molecule has 0 heterocycles. The molecule has 180 valence electrons. The lowest BCUT2D eigenvalue weighted by Crippen LogP contribution is -2.39. The summed E-state index contributed by atoms with van der Waals surface area (Å²) in [6.07, 6.45) is 10.6. The number of carboxylic acid groups (broad SMARTS) is 2. The van der Waals surface area contributed by atoms with E-state index in [0.717, 1.165) is 19.3 Å². The van der Waals surface area contributed by atoms with Gasteiger partial charge in [0.15, 0.2) is 5.41 Å². The van der Waals surface area contributed by atoms with Crippen molar-refractivity contribution in [1.82, 2.24) is 5.32 Å². The van der Waals surface area contributed by atoms with Gasteiger partial charge in [0.2, 0.25) is 0 Å². The summed E-state index contributed by atoms with van der Waals surface area (Å²) in [4.78, 5) is 22.8. The highest BCUT2D eigenvalue weighted by Crippen LogP contribution is 2.39. The van der Waals surface area contributed by atoms with Crippen LogP contribution in [0.15, 0.2) is 12.1 Å². The second kappa shape index (κ2) is 12.9. The van der Waals surface area contributed by atoms with E-state index in [2.05, 4.69) is 12.2 Å². The molecule has 5 nitrogen and oxygen atoms in total. The first-order chi connectivity index (χ1) is 15.3. The molecule has 0 saturated heterocycles. The normalized spacial score (nSPS) is 17.5. The van der Waals surface area contributed by atoms with Gasteiger partial charge < -0.3 is 15.5 Å². The molecule has 1 aliphatic carbocycles. The molecule has 32 heavy (non-hydrogen) atoms. The van der Waals surface area contributed by atoms with Crippen molar-refractivity contribution in [3.8, 4) is 0 Å². The molecule has 0 radical (unpaired) electrons. The third-order valence-corrected chi connectivity index (χ3v) is 6.66. The molecular formula is C25H37F2NO4. The number of halogens is 2. The van der Waals surface area contributed by atoms with Gasteiger partial charge in [-0.05, 0) is 62.8 Å². The molecule has 3 N–H and O–H groups in total. The van der Waals surface area contributed by atoms with Crippen LogP contribution in [0.25, 0.3) is 0 Å². The van der Waals surface area contributed by atoms with Crippen molar-refractivity contribution >= 4 is 11.9 Å². The Morgan fingerprint density at radius 2 is 1.53 bits per heavy atom. The number of benzene rings is 1. The fourth-order valence-electron chi connectivity index (χ4n) is 4.60. The molecule has 1 aromatic carbocycles. The quantitative estimate of drug-likeness (QED) is 0.242. The smallest absolute Gasteiger partial charge is 0.321 e. The first kappa shape index (κ1) is 26.2. The van der Waals surface area contributed by atoms with Crippen molar-refractivity contribution in [2.45, 2.75) is 96.4 Å². The van der Waals surface area contributed by atoms with Gasteiger partial charge in [-0.15, -0.1) is 0 Å². The first-order valence-corrected chi connectivity index (χ1v) is 12.0. The van der Waals surface area contributed by atoms with E-state index in [4.69, 9.17) is 0 Å². The van der Waals surface area contributed by atoms with E-state index in [1.54, 1.807) is 0 Å². The van der Waals surface area contributed by atoms with Crippen LogP contribution in [-0.4, -0.2) is 34.7 Å². The Morgan fingerprint density at radius 3 is 2.06 bits per heavy atom. The lowest BCUT2D eigenvalue weighted by atomic mass is 9.86. The summed E-state index contributed by atoms with van der Waals surface area (Å²) in [6, 6.07) is 2.53. The SMILES string of the molecule is CCCCCCCCCCc1cc(F)c(CCNC2CCC(C(=O)O)(C(=O)O)C2)c(F)c1. The van der Waals surface area contributed by atoms with Gasteiger partial charge in [-0.25, -0.2) is 8.78 Å². The zero-order valence-corrected chi connectivity index (χ0v) is 19.1. The van der Waals surface area contributed by atoms with Crippen LogP contribution in [0, 0.1) is 17.0 Å². The van der Waals surface area contributed by atoms with Gasteiger partial charge in [-0.1, -0.05) is 51.9 Å². The molecule has 0 spiro atoms. The molecule has 7 heteroatoms. The second-order valence-electron chi connectivity index (χ2n) is 9.10. The minimum Gasteiger partial charge on any atom is -0.480 e. The van der Waals surface area contributed by atoms with Crippen LogP contribution in [0.2, 0.25) is 0 Å². The molecule has 1 saturated carbocycles. The molecule has 1 aliphatic rings. The summed E-state index contributed by atoms with van der Waals surface area (Å²) in [5.74, 6) is -3.78. The van der Waals surface area contributed by atoms with Crippen LogP contribution in [0.1, 0.15) is 88.7 Å². The summed E-state index contributed by atoms with van der Waals surface area (Å²) < 4.78 is 28.9. The van der Waals surface area contributed by atoms with E-state index in [1.165, 1.54) is 44.2 Å². The number of rotatable bonds is 15. The Labute approximate surface area is 189 Å². The van der Waals surface area contributed by atoms with E-state index in [-0.39, 0.29) is 37.4 Å². The van der Waals surface area contributed by atoms with Crippen LogP contribution >= 0.6 is 0 Å². The van der Waals surface area contributed by atoms with Crippen molar-refractivity contribution in [2.24, 2.45) is 5.41 Å². The second-order valence-corrected chi connectivity index (χ2v) is 9.10. The number of carbonyl (C=O) groups is 2. The molecule has 1 aromatic rings. The minimum absolute atomic E-state index is 0.0119. The molecule has 0 aliphatic heterocycles. The Hall–Kier alpha value is -2.02. The van der Waals surface area contributed by atoms with Gasteiger partial charge >= 0.3 is 11.9 Å². The fourth-order valence-corrected chi connectivity index (χ4v) is 4.60. The standard InChI is InChI=1S/C25H37F2NO4/c1-2-3-4-5-6-7-8-9-10-18-15-21(26)20(22(27)16-18)12-14-28-19-11-13-25(17-19,23(29)30)24(31)32/h15-16,19,28H,2-14,17H2,1H3,(H,29,30)(H,31,32). The Morgan fingerprint density at radius 1 is 0.969 bits per heavy atom. The number of hydrogen-bond donors (Lipinski definition) is 3. The lowest BCUT2D eigenvalue weighted by Gasteiger charge is -2.19. The van der Waals surface area contributed by atoms with Crippen molar-refractivity contribution in [2.75, 3.05) is 6.54 Å². The summed E-state index contributed by atoms with van der Waals surface area (Å²) in [5, 5.41) is 21.6. The summed E-state index contributed by atoms with van der Waals surface area (Å²) in [6.45, 7) is 2.45. The topological polar surface area (TPSA) is 86.6 Å². The van der Waals surface area contributed by atoms with E-state index in [9.17, 15) is 28.6 Å². The van der Waals surface area contributed by atoms with Crippen molar-refractivity contribution in [3.63, 3.8) is 0 Å². The summed E-state index contributed by atoms with van der Waals surface area (Å²) >= 11 is 0. The van der Waals surface area contributed by atoms with Gasteiger partial charge in [0.25, 0.3) is 0 Å². The number of nitrogens with one attached hydrogen (secondary N) is 1. The van der Waals surface area contributed by atoms with Crippen molar-refractivity contribution in [1.29, 1.82) is 0 Å². The molecule has 0 bridgehead atoms. The maximum atomic E-state index is 14.5. The molecule has 2 rings (SSSR count). The number of unbranched alkanes of at least 4 members (excludes halogenated alkanes) is 7. The van der Waals surface area contributed by atoms with E-state index in [1.807, 2.05) is 0 Å². The van der Waals surface area contributed by atoms with Gasteiger partial charge in [0.05, 0.1) is 0 Å². The zero-order chi connectivity index (χ0) is 23.6. The average Bonchev–Trinajstić information content (AvgIpc) is 3.18. The first-order valence-electron chi connectivity index (χ1n) is 12.0. The number of hydrogen-bond acceptors (Lipinski definition) is 3. The average molecular weight is 454 g/mol. The minimum atomic E-state index is -1.77. The van der Waals surface area contributed by atoms with Crippen molar-refractivity contribution in [3.05, 3.63) is 34.9 Å². The summed E-state index contributed by atoms with van der Waals surface area (Å²) in [5.41, 5.74) is -1.09. The van der Waals surface area contributed by atoms with Crippen LogP contribution < -0.4 is 5.32 Å². The monoisotopic (exact) mass is 453 g/mol. The van der Waals surface area contributed by atoms with Gasteiger partial charge in [0, 0.05) is 11.6 Å². The number of aryl methyl sites for hydroxylation is 1. The molecular weight excluding hydrogens is 416 g/mol. The van der Waals surface area contributed by atoms with Crippen LogP contribution in [0.3, 0.4) is 0 Å². The molecule has 1 fully saturated rings. The van der Waals surface area contributed by atoms with Crippen LogP contribution in [0.5, 0.6) is 0 Å². The predicted molar refractivity (Wildman–Crippen MR) is 120 cm³/mol. The third-order valence-electron chi connectivity index (χ3n) is 6.66. The van der Waals surface area contributed by atoms with Crippen LogP contribution in [-0.2, 0) is 22.4 Å². The highest BCUT2D eigenvalue weighted by molar-refractivity contribution is 5.98. The predicted octanol–water partition coefficient (Wildman–Crippen LogP) is 5.49. The maximum absolute atomic E-state index is 14.5. The lowest BCUT2D eigenvalue weighted by molar-refractivity contribution is -0.164. The summed E-state index contributed by atoms with van der Waals surface area (Å²) in [7, 11) is 0. The molecule has 1 unspecified atom stereocenters. The molecule has 0 amide bonds.